The first-order valence-corrected chi connectivity index (χ1v) is 4.66. The van der Waals surface area contributed by atoms with E-state index < -0.39 is 12.4 Å². The maximum absolute atomic E-state index is 12.7. The largest absolute Gasteiger partial charge is 0.513 e. The van der Waals surface area contributed by atoms with E-state index in [-0.39, 0.29) is 11.4 Å². The molecule has 1 heterocycles. The predicted octanol–water partition coefficient (Wildman–Crippen LogP) is 1.60. The van der Waals surface area contributed by atoms with Crippen molar-refractivity contribution in [3.8, 4) is 0 Å². The monoisotopic (exact) mass is 205 g/mol. The van der Waals surface area contributed by atoms with E-state index >= 15 is 0 Å². The van der Waals surface area contributed by atoms with Gasteiger partial charge in [0.2, 0.25) is 0 Å². The zero-order valence-electron chi connectivity index (χ0n) is 8.52. The number of halogens is 3. The normalized spacial score (nSPS) is 12.1. The Bertz CT molecular complexity index is 330. The van der Waals surface area contributed by atoms with Gasteiger partial charge in [-0.2, -0.15) is 5.10 Å². The predicted molar refractivity (Wildman–Crippen MR) is 50.7 cm³/mol. The van der Waals surface area contributed by atoms with Crippen molar-refractivity contribution in [3.05, 3.63) is 11.4 Å². The molecule has 0 aliphatic rings. The van der Waals surface area contributed by atoms with Crippen molar-refractivity contribution in [2.24, 2.45) is 7.05 Å². The van der Waals surface area contributed by atoms with E-state index in [9.17, 15) is 12.9 Å². The summed E-state index contributed by atoms with van der Waals surface area (Å²) in [6.45, 7) is -1.54. The van der Waals surface area contributed by atoms with Gasteiger partial charge >= 0.3 is 6.98 Å². The van der Waals surface area contributed by atoms with Crippen molar-refractivity contribution in [1.82, 2.24) is 9.78 Å². The second kappa shape index (κ2) is 3.67. The second-order valence-electron chi connectivity index (χ2n) is 3.21. The third kappa shape index (κ3) is 1.78. The van der Waals surface area contributed by atoms with Crippen molar-refractivity contribution in [1.29, 1.82) is 0 Å². The fourth-order valence-corrected chi connectivity index (χ4v) is 1.69. The minimum absolute atomic E-state index is 0.164. The Kier molecular flexibility index (Phi) is 2.92. The summed E-state index contributed by atoms with van der Waals surface area (Å²) >= 11 is 0. The smallest absolute Gasteiger partial charge is 0.445 e. The van der Waals surface area contributed by atoms with Crippen LogP contribution in [0.5, 0.6) is 0 Å². The van der Waals surface area contributed by atoms with Gasteiger partial charge in [-0.1, -0.05) is 19.3 Å². The zero-order chi connectivity index (χ0) is 10.9. The molecule has 0 atom stereocenters. The van der Waals surface area contributed by atoms with Crippen LogP contribution in [-0.2, 0) is 19.9 Å². The first-order valence-electron chi connectivity index (χ1n) is 4.66. The Morgan fingerprint density at radius 2 is 1.79 bits per heavy atom. The summed E-state index contributed by atoms with van der Waals surface area (Å²) in [4.78, 5) is 0. The van der Waals surface area contributed by atoms with Crippen LogP contribution in [0.3, 0.4) is 0 Å². The topological polar surface area (TPSA) is 17.8 Å². The fraction of sp³-hybridized carbons (Fsp3) is 0.625. The van der Waals surface area contributed by atoms with E-state index in [2.05, 4.69) is 5.10 Å². The third-order valence-corrected chi connectivity index (χ3v) is 2.28. The maximum Gasteiger partial charge on any atom is 0.513 e. The van der Waals surface area contributed by atoms with Crippen molar-refractivity contribution >= 4 is 12.4 Å². The highest BCUT2D eigenvalue weighted by Crippen LogP contribution is 2.15. The number of aryl methyl sites for hydroxylation is 2. The van der Waals surface area contributed by atoms with Gasteiger partial charge in [-0.05, 0) is 12.8 Å². The molecule has 2 nitrogen and oxygen atoms in total. The molecular formula is C8H13BF3N2-. The number of nitrogens with zero attached hydrogens (tertiary/aromatic N) is 2. The van der Waals surface area contributed by atoms with Gasteiger partial charge in [0.15, 0.2) is 0 Å². The van der Waals surface area contributed by atoms with E-state index in [0.29, 0.717) is 12.8 Å². The quantitative estimate of drug-likeness (QED) is 0.685. The Balaban J connectivity index is 3.36. The number of hydrogen-bond acceptors (Lipinski definition) is 1. The molecule has 1 aromatic heterocycles. The Morgan fingerprint density at radius 3 is 2.14 bits per heavy atom. The third-order valence-electron chi connectivity index (χ3n) is 2.28. The average molecular weight is 205 g/mol. The van der Waals surface area contributed by atoms with E-state index in [1.807, 2.05) is 0 Å². The standard InChI is InChI=1S/C8H13BF3N2/c1-4-6-8(9(10,11)12)7(5-2)14(3)13-6/h4-5H2,1-3H3/q-1. The van der Waals surface area contributed by atoms with Crippen LogP contribution in [0.1, 0.15) is 25.2 Å². The van der Waals surface area contributed by atoms with Crippen molar-refractivity contribution < 1.29 is 12.9 Å². The molecule has 0 saturated carbocycles. The molecule has 6 heteroatoms. The molecule has 1 rings (SSSR count). The lowest BCUT2D eigenvalue weighted by molar-refractivity contribution is 0.499. The summed E-state index contributed by atoms with van der Waals surface area (Å²) in [5.74, 6) is 0. The summed E-state index contributed by atoms with van der Waals surface area (Å²) in [5.41, 5.74) is -0.0382. The molecule has 0 bridgehead atoms. The molecule has 1 aromatic rings. The molecule has 0 fully saturated rings. The summed E-state index contributed by atoms with van der Waals surface area (Å²) in [7, 11) is 1.56. The first kappa shape index (κ1) is 11.1. The molecule has 0 spiro atoms. The SMILES string of the molecule is CCc1nn(C)c(CC)c1[B-](F)(F)F. The van der Waals surface area contributed by atoms with Gasteiger partial charge in [0, 0.05) is 18.4 Å². The van der Waals surface area contributed by atoms with Crippen molar-refractivity contribution in [2.45, 2.75) is 26.7 Å². The highest BCUT2D eigenvalue weighted by atomic mass is 19.4. The molecular weight excluding hydrogens is 192 g/mol. The Labute approximate surface area is 81.2 Å². The van der Waals surface area contributed by atoms with E-state index in [1.165, 1.54) is 4.68 Å². The molecule has 0 unspecified atom stereocenters. The molecule has 0 aliphatic carbocycles. The summed E-state index contributed by atoms with van der Waals surface area (Å²) in [6, 6.07) is 0. The zero-order valence-corrected chi connectivity index (χ0v) is 8.52. The van der Waals surface area contributed by atoms with Crippen LogP contribution in [0.2, 0.25) is 0 Å². The van der Waals surface area contributed by atoms with Gasteiger partial charge < -0.3 is 12.9 Å². The van der Waals surface area contributed by atoms with Gasteiger partial charge in [-0.25, -0.2) is 0 Å². The molecule has 0 N–H and O–H groups in total. The van der Waals surface area contributed by atoms with Crippen LogP contribution in [0.25, 0.3) is 0 Å². The molecule has 14 heavy (non-hydrogen) atoms. The summed E-state index contributed by atoms with van der Waals surface area (Å²) in [5, 5.41) is 3.88. The van der Waals surface area contributed by atoms with Crippen LogP contribution < -0.4 is 5.46 Å². The summed E-state index contributed by atoms with van der Waals surface area (Å²) in [6.07, 6.45) is 0.685. The Hall–Kier alpha value is -0.935. The lowest BCUT2D eigenvalue weighted by Gasteiger charge is -2.16. The number of aromatic nitrogens is 2. The van der Waals surface area contributed by atoms with Crippen LogP contribution in [0.15, 0.2) is 0 Å². The van der Waals surface area contributed by atoms with E-state index in [0.717, 1.165) is 0 Å². The fourth-order valence-electron chi connectivity index (χ4n) is 1.69. The van der Waals surface area contributed by atoms with Gasteiger partial charge in [0.05, 0.1) is 0 Å². The van der Waals surface area contributed by atoms with Crippen LogP contribution in [0, 0.1) is 0 Å². The molecule has 0 aromatic carbocycles. The van der Waals surface area contributed by atoms with Crippen molar-refractivity contribution in [2.75, 3.05) is 0 Å². The van der Waals surface area contributed by atoms with E-state index in [4.69, 9.17) is 0 Å². The second-order valence-corrected chi connectivity index (χ2v) is 3.21. The van der Waals surface area contributed by atoms with Gasteiger partial charge in [0.1, 0.15) is 0 Å². The van der Waals surface area contributed by atoms with Crippen molar-refractivity contribution in [3.63, 3.8) is 0 Å². The van der Waals surface area contributed by atoms with Gasteiger partial charge in [0.25, 0.3) is 0 Å². The maximum atomic E-state index is 12.7. The first-order chi connectivity index (χ1) is 6.41. The Morgan fingerprint density at radius 1 is 1.21 bits per heavy atom. The lowest BCUT2D eigenvalue weighted by Crippen LogP contribution is -2.38. The minimum atomic E-state index is -4.93. The molecule has 80 valence electrons. The average Bonchev–Trinajstić information content (AvgIpc) is 2.40. The molecule has 0 radical (unpaired) electrons. The highest BCUT2D eigenvalue weighted by Gasteiger charge is 2.33. The van der Waals surface area contributed by atoms with Crippen LogP contribution >= 0.6 is 0 Å². The minimum Gasteiger partial charge on any atom is -0.445 e. The van der Waals surface area contributed by atoms with Crippen LogP contribution in [0.4, 0.5) is 12.9 Å². The van der Waals surface area contributed by atoms with E-state index in [1.54, 1.807) is 20.9 Å². The highest BCUT2D eigenvalue weighted by molar-refractivity contribution is 6.74. The molecule has 0 amide bonds. The molecule has 0 aliphatic heterocycles. The van der Waals surface area contributed by atoms with Gasteiger partial charge in [-0.3, -0.25) is 4.68 Å². The van der Waals surface area contributed by atoms with Gasteiger partial charge in [-0.15, -0.1) is 0 Å². The lowest BCUT2D eigenvalue weighted by atomic mass is 9.77. The van der Waals surface area contributed by atoms with Crippen LogP contribution in [-0.4, -0.2) is 16.8 Å². The number of hydrogen-bond donors (Lipinski definition) is 0. The summed E-state index contributed by atoms with van der Waals surface area (Å²) < 4.78 is 39.5. The number of rotatable bonds is 3. The molecule has 0 saturated heterocycles.